The maximum atomic E-state index is 14.4. The van der Waals surface area contributed by atoms with Gasteiger partial charge in [-0.1, -0.05) is 0 Å². The third kappa shape index (κ3) is 4.10. The van der Waals surface area contributed by atoms with Crippen molar-refractivity contribution >= 4 is 5.82 Å². The molecule has 1 aromatic carbocycles. The molecule has 0 amide bonds. The number of nitrogens with zero attached hydrogens (tertiary/aromatic N) is 3. The first-order valence-electron chi connectivity index (χ1n) is 9.31. The van der Waals surface area contributed by atoms with Gasteiger partial charge in [0.2, 0.25) is 5.88 Å². The van der Waals surface area contributed by atoms with E-state index in [9.17, 15) is 13.6 Å². The number of hydrogen-bond acceptors (Lipinski definition) is 6. The van der Waals surface area contributed by atoms with Gasteiger partial charge in [0.15, 0.2) is 17.4 Å². The Morgan fingerprint density at radius 2 is 1.93 bits per heavy atom. The SMILES string of the molecule is Cc1ccc(Oc2c(F)cc(COc3cc4n(c(=O)n3)CC(C)(C)N4)cc2F)cn1. The van der Waals surface area contributed by atoms with Gasteiger partial charge in [-0.15, -0.1) is 0 Å². The summed E-state index contributed by atoms with van der Waals surface area (Å²) in [5.74, 6) is -1.39. The summed E-state index contributed by atoms with van der Waals surface area (Å²) in [6, 6.07) is 7.06. The molecular formula is C21H20F2N4O3. The topological polar surface area (TPSA) is 78.3 Å². The van der Waals surface area contributed by atoms with Crippen LogP contribution >= 0.6 is 0 Å². The van der Waals surface area contributed by atoms with Gasteiger partial charge in [0.05, 0.1) is 18.3 Å². The molecule has 0 aliphatic carbocycles. The standard InChI is InChI=1S/C21H20F2N4O3/c1-12-4-5-14(9-24-12)30-19-15(22)6-13(7-16(19)23)10-29-18-8-17-26-21(2,3)11-27(17)20(28)25-18/h4-9,26H,10-11H2,1-3H3. The van der Waals surface area contributed by atoms with Crippen molar-refractivity contribution in [1.82, 2.24) is 14.5 Å². The quantitative estimate of drug-likeness (QED) is 0.684. The molecule has 2 aromatic heterocycles. The molecule has 4 rings (SSSR count). The van der Waals surface area contributed by atoms with Crippen molar-refractivity contribution in [2.75, 3.05) is 5.32 Å². The summed E-state index contributed by atoms with van der Waals surface area (Å²) < 4.78 is 41.1. The maximum Gasteiger partial charge on any atom is 0.352 e. The van der Waals surface area contributed by atoms with E-state index in [1.165, 1.54) is 10.8 Å². The van der Waals surface area contributed by atoms with Crippen molar-refractivity contribution in [3.05, 3.63) is 69.9 Å². The molecule has 1 aliphatic rings. The zero-order valence-corrected chi connectivity index (χ0v) is 16.7. The van der Waals surface area contributed by atoms with Crippen LogP contribution in [-0.2, 0) is 13.2 Å². The highest BCUT2D eigenvalue weighted by atomic mass is 19.1. The molecule has 7 nitrogen and oxygen atoms in total. The van der Waals surface area contributed by atoms with Crippen molar-refractivity contribution in [2.45, 2.75) is 39.5 Å². The number of aromatic nitrogens is 3. The van der Waals surface area contributed by atoms with Crippen molar-refractivity contribution in [2.24, 2.45) is 0 Å². The van der Waals surface area contributed by atoms with E-state index in [2.05, 4.69) is 15.3 Å². The molecule has 30 heavy (non-hydrogen) atoms. The molecule has 0 radical (unpaired) electrons. The Labute approximate surface area is 171 Å². The largest absolute Gasteiger partial charge is 0.473 e. The van der Waals surface area contributed by atoms with Crippen LogP contribution in [0.2, 0.25) is 0 Å². The lowest BCUT2D eigenvalue weighted by Gasteiger charge is -2.16. The van der Waals surface area contributed by atoms with Gasteiger partial charge < -0.3 is 14.8 Å². The number of halogens is 2. The second kappa shape index (κ2) is 7.40. The molecule has 0 bridgehead atoms. The normalized spacial score (nSPS) is 14.2. The zero-order chi connectivity index (χ0) is 21.5. The van der Waals surface area contributed by atoms with Crippen LogP contribution in [0.4, 0.5) is 14.6 Å². The highest BCUT2D eigenvalue weighted by molar-refractivity contribution is 5.45. The zero-order valence-electron chi connectivity index (χ0n) is 16.7. The lowest BCUT2D eigenvalue weighted by Crippen LogP contribution is -2.30. The van der Waals surface area contributed by atoms with Crippen LogP contribution in [0.5, 0.6) is 17.4 Å². The minimum absolute atomic E-state index is 0.0725. The second-order valence-corrected chi connectivity index (χ2v) is 7.77. The van der Waals surface area contributed by atoms with E-state index in [1.807, 2.05) is 13.8 Å². The summed E-state index contributed by atoms with van der Waals surface area (Å²) >= 11 is 0. The third-order valence-electron chi connectivity index (χ3n) is 4.56. The molecule has 156 valence electrons. The van der Waals surface area contributed by atoms with Crippen LogP contribution in [0.25, 0.3) is 0 Å². The number of pyridine rings is 1. The summed E-state index contributed by atoms with van der Waals surface area (Å²) in [5.41, 5.74) is 0.263. The number of rotatable bonds is 5. The molecular weight excluding hydrogens is 394 g/mol. The van der Waals surface area contributed by atoms with Crippen LogP contribution in [0.1, 0.15) is 25.1 Å². The van der Waals surface area contributed by atoms with Gasteiger partial charge in [-0.05, 0) is 50.6 Å². The van der Waals surface area contributed by atoms with Crippen LogP contribution in [0.15, 0.2) is 41.3 Å². The minimum Gasteiger partial charge on any atom is -0.473 e. The van der Waals surface area contributed by atoms with E-state index >= 15 is 0 Å². The monoisotopic (exact) mass is 414 g/mol. The molecule has 0 spiro atoms. The molecule has 0 saturated carbocycles. The number of anilines is 1. The summed E-state index contributed by atoms with van der Waals surface area (Å²) in [4.78, 5) is 20.1. The van der Waals surface area contributed by atoms with Crippen molar-refractivity contribution in [3.63, 3.8) is 0 Å². The van der Waals surface area contributed by atoms with E-state index in [-0.39, 0.29) is 29.3 Å². The summed E-state index contributed by atoms with van der Waals surface area (Å²) in [5, 5.41) is 3.21. The van der Waals surface area contributed by atoms with E-state index in [0.717, 1.165) is 17.8 Å². The first-order chi connectivity index (χ1) is 14.2. The van der Waals surface area contributed by atoms with Gasteiger partial charge >= 0.3 is 5.69 Å². The summed E-state index contributed by atoms with van der Waals surface area (Å²) in [6.07, 6.45) is 1.39. The Bertz CT molecular complexity index is 1140. The van der Waals surface area contributed by atoms with Gasteiger partial charge in [-0.3, -0.25) is 9.55 Å². The molecule has 9 heteroatoms. The predicted octanol–water partition coefficient (Wildman–Crippen LogP) is 3.80. The molecule has 0 saturated heterocycles. The molecule has 0 atom stereocenters. The molecule has 1 aliphatic heterocycles. The Morgan fingerprint density at radius 3 is 2.60 bits per heavy atom. The molecule has 0 unspecified atom stereocenters. The second-order valence-electron chi connectivity index (χ2n) is 7.77. The number of hydrogen-bond donors (Lipinski definition) is 1. The summed E-state index contributed by atoms with van der Waals surface area (Å²) in [6.45, 7) is 6.03. The van der Waals surface area contributed by atoms with Crippen molar-refractivity contribution in [3.8, 4) is 17.4 Å². The number of aryl methyl sites for hydroxylation is 1. The van der Waals surface area contributed by atoms with Crippen LogP contribution in [0.3, 0.4) is 0 Å². The van der Waals surface area contributed by atoms with Gasteiger partial charge in [0, 0.05) is 11.8 Å². The first kappa shape index (κ1) is 19.8. The van der Waals surface area contributed by atoms with E-state index < -0.39 is 23.1 Å². The van der Waals surface area contributed by atoms with Crippen LogP contribution in [-0.4, -0.2) is 20.1 Å². The minimum atomic E-state index is -0.875. The third-order valence-corrected chi connectivity index (χ3v) is 4.56. The van der Waals surface area contributed by atoms with Crippen molar-refractivity contribution < 1.29 is 18.3 Å². The van der Waals surface area contributed by atoms with E-state index in [4.69, 9.17) is 9.47 Å². The fourth-order valence-corrected chi connectivity index (χ4v) is 3.18. The first-order valence-corrected chi connectivity index (χ1v) is 9.31. The number of fused-ring (bicyclic) bond motifs is 1. The molecule has 3 aromatic rings. The fourth-order valence-electron chi connectivity index (χ4n) is 3.18. The van der Waals surface area contributed by atoms with E-state index in [0.29, 0.717) is 12.4 Å². The molecule has 0 fully saturated rings. The van der Waals surface area contributed by atoms with Gasteiger partial charge in [0.25, 0.3) is 0 Å². The van der Waals surface area contributed by atoms with Crippen LogP contribution < -0.4 is 20.5 Å². The average molecular weight is 414 g/mol. The van der Waals surface area contributed by atoms with Crippen LogP contribution in [0, 0.1) is 18.6 Å². The predicted molar refractivity (Wildman–Crippen MR) is 106 cm³/mol. The Hall–Kier alpha value is -3.49. The number of ether oxygens (including phenoxy) is 2. The van der Waals surface area contributed by atoms with E-state index in [1.54, 1.807) is 25.1 Å². The summed E-state index contributed by atoms with van der Waals surface area (Å²) in [7, 11) is 0. The highest BCUT2D eigenvalue weighted by Crippen LogP contribution is 2.29. The number of nitrogens with one attached hydrogen (secondary N) is 1. The number of benzene rings is 1. The van der Waals surface area contributed by atoms with Gasteiger partial charge in [-0.2, -0.15) is 4.98 Å². The lowest BCUT2D eigenvalue weighted by atomic mass is 10.1. The Balaban J connectivity index is 1.49. The Morgan fingerprint density at radius 1 is 1.20 bits per heavy atom. The average Bonchev–Trinajstić information content (AvgIpc) is 2.99. The van der Waals surface area contributed by atoms with Gasteiger partial charge in [-0.25, -0.2) is 13.6 Å². The van der Waals surface area contributed by atoms with Gasteiger partial charge in [0.1, 0.15) is 18.2 Å². The Kier molecular flexibility index (Phi) is 4.89. The fraction of sp³-hybridized carbons (Fsp3) is 0.286. The molecule has 1 N–H and O–H groups in total. The lowest BCUT2D eigenvalue weighted by molar-refractivity contribution is 0.289. The molecule has 3 heterocycles. The highest BCUT2D eigenvalue weighted by Gasteiger charge is 2.29. The maximum absolute atomic E-state index is 14.4. The van der Waals surface area contributed by atoms with Crippen molar-refractivity contribution in [1.29, 1.82) is 0 Å². The smallest absolute Gasteiger partial charge is 0.352 e.